The summed E-state index contributed by atoms with van der Waals surface area (Å²) in [5, 5.41) is 8.85. The van der Waals surface area contributed by atoms with Crippen LogP contribution >= 0.6 is 22.6 Å². The van der Waals surface area contributed by atoms with Crippen LogP contribution in [0.5, 0.6) is 5.75 Å². The number of hydrogen-bond acceptors (Lipinski definition) is 3. The van der Waals surface area contributed by atoms with Crippen molar-refractivity contribution in [3.8, 4) is 11.8 Å². The van der Waals surface area contributed by atoms with Crippen molar-refractivity contribution < 1.29 is 9.53 Å². The molecular weight excluding hydrogens is 295 g/mol. The van der Waals surface area contributed by atoms with Crippen LogP contribution in [0.15, 0.2) is 12.1 Å². The Balaban J connectivity index is 3.45. The molecule has 0 saturated carbocycles. The van der Waals surface area contributed by atoms with Gasteiger partial charge in [-0.2, -0.15) is 5.26 Å². The van der Waals surface area contributed by atoms with E-state index in [0.29, 0.717) is 9.32 Å². The third-order valence-corrected chi connectivity index (χ3v) is 2.77. The Hall–Kier alpha value is -1.29. The molecular formula is C9H7IN2O2. The molecule has 0 aliphatic carbocycles. The average Bonchev–Trinajstić information content (AvgIpc) is 2.17. The Kier molecular flexibility index (Phi) is 3.30. The van der Waals surface area contributed by atoms with Crippen molar-refractivity contribution in [1.82, 2.24) is 0 Å². The van der Waals surface area contributed by atoms with Crippen molar-refractivity contribution in [2.75, 3.05) is 7.11 Å². The van der Waals surface area contributed by atoms with E-state index in [-0.39, 0.29) is 11.1 Å². The summed E-state index contributed by atoms with van der Waals surface area (Å²) in [7, 11) is 1.50. The fourth-order valence-corrected chi connectivity index (χ4v) is 1.84. The Labute approximate surface area is 94.8 Å². The number of benzene rings is 1. The first-order valence-electron chi connectivity index (χ1n) is 3.68. The Morgan fingerprint density at radius 3 is 2.71 bits per heavy atom. The topological polar surface area (TPSA) is 76.1 Å². The highest BCUT2D eigenvalue weighted by Crippen LogP contribution is 2.26. The van der Waals surface area contributed by atoms with E-state index in [2.05, 4.69) is 0 Å². The monoisotopic (exact) mass is 302 g/mol. The first-order chi connectivity index (χ1) is 6.61. The molecule has 5 heteroatoms. The molecule has 0 aromatic heterocycles. The maximum Gasteiger partial charge on any atom is 0.250 e. The van der Waals surface area contributed by atoms with Gasteiger partial charge in [-0.25, -0.2) is 0 Å². The second-order valence-corrected chi connectivity index (χ2v) is 3.56. The summed E-state index contributed by atoms with van der Waals surface area (Å²) in [6.07, 6.45) is 0. The van der Waals surface area contributed by atoms with E-state index in [9.17, 15) is 4.79 Å². The lowest BCUT2D eigenvalue weighted by molar-refractivity contribution is 0.1000. The van der Waals surface area contributed by atoms with Gasteiger partial charge < -0.3 is 10.5 Å². The van der Waals surface area contributed by atoms with E-state index in [0.717, 1.165) is 0 Å². The average molecular weight is 302 g/mol. The third-order valence-electron chi connectivity index (χ3n) is 1.70. The summed E-state index contributed by atoms with van der Waals surface area (Å²) < 4.78 is 5.61. The first kappa shape index (κ1) is 10.8. The number of hydrogen-bond donors (Lipinski definition) is 1. The predicted molar refractivity (Wildman–Crippen MR) is 58.9 cm³/mol. The van der Waals surface area contributed by atoms with Crippen LogP contribution in [0.2, 0.25) is 0 Å². The van der Waals surface area contributed by atoms with E-state index in [1.165, 1.54) is 13.2 Å². The number of amides is 1. The van der Waals surface area contributed by atoms with E-state index in [1.807, 2.05) is 28.7 Å². The zero-order valence-electron chi connectivity index (χ0n) is 7.37. The summed E-state index contributed by atoms with van der Waals surface area (Å²) in [5.41, 5.74) is 5.60. The fourth-order valence-electron chi connectivity index (χ4n) is 1.03. The molecule has 1 aromatic carbocycles. The van der Waals surface area contributed by atoms with Gasteiger partial charge >= 0.3 is 0 Å². The molecule has 0 aliphatic rings. The van der Waals surface area contributed by atoms with Gasteiger partial charge in [0.2, 0.25) is 5.91 Å². The maximum atomic E-state index is 11.0. The number of nitriles is 1. The number of carbonyl (C=O) groups excluding carboxylic acids is 1. The van der Waals surface area contributed by atoms with Gasteiger partial charge in [0.15, 0.2) is 0 Å². The number of rotatable bonds is 2. The summed E-state index contributed by atoms with van der Waals surface area (Å²) >= 11 is 1.94. The van der Waals surface area contributed by atoms with Crippen LogP contribution in [0.1, 0.15) is 15.9 Å². The van der Waals surface area contributed by atoms with Gasteiger partial charge in [0.1, 0.15) is 11.8 Å². The number of ether oxygens (including phenoxy) is 1. The fraction of sp³-hybridized carbons (Fsp3) is 0.111. The molecule has 0 unspecified atom stereocenters. The van der Waals surface area contributed by atoms with Crippen LogP contribution in [0.25, 0.3) is 0 Å². The minimum absolute atomic E-state index is 0.220. The molecule has 0 atom stereocenters. The van der Waals surface area contributed by atoms with Crippen LogP contribution in [0.3, 0.4) is 0 Å². The van der Waals surface area contributed by atoms with Gasteiger partial charge in [-0.05, 0) is 34.7 Å². The van der Waals surface area contributed by atoms with Gasteiger partial charge in [0.05, 0.1) is 21.8 Å². The lowest BCUT2D eigenvalue weighted by Crippen LogP contribution is -2.13. The second kappa shape index (κ2) is 4.28. The van der Waals surface area contributed by atoms with E-state index in [1.54, 1.807) is 6.07 Å². The molecule has 0 bridgehead atoms. The second-order valence-electron chi connectivity index (χ2n) is 2.48. The number of halogens is 1. The third kappa shape index (κ3) is 1.80. The molecule has 1 rings (SSSR count). The predicted octanol–water partition coefficient (Wildman–Crippen LogP) is 1.27. The van der Waals surface area contributed by atoms with Crippen molar-refractivity contribution in [3.05, 3.63) is 26.8 Å². The zero-order chi connectivity index (χ0) is 10.7. The van der Waals surface area contributed by atoms with Crippen molar-refractivity contribution >= 4 is 28.5 Å². The number of primary amides is 1. The SMILES string of the molecule is COc1ccc(C(N)=O)c(C#N)c1I. The van der Waals surface area contributed by atoms with Crippen molar-refractivity contribution in [2.24, 2.45) is 5.73 Å². The number of nitrogens with two attached hydrogens (primary N) is 1. The first-order valence-corrected chi connectivity index (χ1v) is 4.76. The van der Waals surface area contributed by atoms with Gasteiger partial charge in [-0.1, -0.05) is 0 Å². The smallest absolute Gasteiger partial charge is 0.250 e. The van der Waals surface area contributed by atoms with Crippen LogP contribution in [-0.2, 0) is 0 Å². The normalized spacial score (nSPS) is 9.21. The van der Waals surface area contributed by atoms with E-state index < -0.39 is 5.91 Å². The Bertz CT molecular complexity index is 424. The number of methoxy groups -OCH3 is 1. The van der Waals surface area contributed by atoms with Crippen LogP contribution in [0.4, 0.5) is 0 Å². The van der Waals surface area contributed by atoms with Crippen LogP contribution in [-0.4, -0.2) is 13.0 Å². The highest BCUT2D eigenvalue weighted by atomic mass is 127. The molecule has 4 nitrogen and oxygen atoms in total. The van der Waals surface area contributed by atoms with Crippen LogP contribution < -0.4 is 10.5 Å². The largest absolute Gasteiger partial charge is 0.496 e. The molecule has 0 radical (unpaired) electrons. The minimum Gasteiger partial charge on any atom is -0.496 e. The summed E-state index contributed by atoms with van der Waals surface area (Å²) in [4.78, 5) is 11.0. The minimum atomic E-state index is -0.609. The molecule has 1 aromatic rings. The number of nitrogens with zero attached hydrogens (tertiary/aromatic N) is 1. The maximum absolute atomic E-state index is 11.0. The summed E-state index contributed by atoms with van der Waals surface area (Å²) in [6, 6.07) is 5.03. The number of carbonyl (C=O) groups is 1. The molecule has 0 saturated heterocycles. The molecule has 14 heavy (non-hydrogen) atoms. The Morgan fingerprint density at radius 2 is 2.29 bits per heavy atom. The molecule has 0 spiro atoms. The Morgan fingerprint density at radius 1 is 1.64 bits per heavy atom. The van der Waals surface area contributed by atoms with Gasteiger partial charge in [0, 0.05) is 0 Å². The van der Waals surface area contributed by atoms with Gasteiger partial charge in [-0.15, -0.1) is 0 Å². The molecule has 72 valence electrons. The molecule has 0 aliphatic heterocycles. The lowest BCUT2D eigenvalue weighted by atomic mass is 10.1. The van der Waals surface area contributed by atoms with Crippen molar-refractivity contribution in [2.45, 2.75) is 0 Å². The van der Waals surface area contributed by atoms with E-state index in [4.69, 9.17) is 15.7 Å². The highest BCUT2D eigenvalue weighted by molar-refractivity contribution is 14.1. The molecule has 2 N–H and O–H groups in total. The zero-order valence-corrected chi connectivity index (χ0v) is 9.53. The summed E-state index contributed by atoms with van der Waals surface area (Å²) in [6.45, 7) is 0. The highest BCUT2D eigenvalue weighted by Gasteiger charge is 2.14. The van der Waals surface area contributed by atoms with Crippen LogP contribution in [0, 0.1) is 14.9 Å². The lowest BCUT2D eigenvalue weighted by Gasteiger charge is -2.06. The van der Waals surface area contributed by atoms with E-state index >= 15 is 0 Å². The van der Waals surface area contributed by atoms with Crippen molar-refractivity contribution in [3.63, 3.8) is 0 Å². The molecule has 0 fully saturated rings. The van der Waals surface area contributed by atoms with Gasteiger partial charge in [0.25, 0.3) is 0 Å². The van der Waals surface area contributed by atoms with Gasteiger partial charge in [-0.3, -0.25) is 4.79 Å². The van der Waals surface area contributed by atoms with Crippen molar-refractivity contribution in [1.29, 1.82) is 5.26 Å². The standard InChI is InChI=1S/C9H7IN2O2/c1-14-7-3-2-5(9(12)13)6(4-11)8(7)10/h2-3H,1H3,(H2,12,13). The molecule has 0 heterocycles. The quantitative estimate of drug-likeness (QED) is 0.836. The molecule has 1 amide bonds. The summed E-state index contributed by atoms with van der Waals surface area (Å²) in [5.74, 6) is -0.0470.